The van der Waals surface area contributed by atoms with Crippen LogP contribution in [0.15, 0.2) is 9.98 Å². The van der Waals surface area contributed by atoms with Crippen LogP contribution >= 0.6 is 0 Å². The Hall–Kier alpha value is -2.52. The van der Waals surface area contributed by atoms with Gasteiger partial charge in [-0.15, -0.1) is 0 Å². The van der Waals surface area contributed by atoms with Crippen molar-refractivity contribution in [3.05, 3.63) is 0 Å². The van der Waals surface area contributed by atoms with Crippen molar-refractivity contribution in [2.24, 2.45) is 32.9 Å². The molecule has 0 saturated heterocycles. The fourth-order valence-electron chi connectivity index (χ4n) is 0.993. The highest BCUT2D eigenvalue weighted by molar-refractivity contribution is 5.80. The number of rotatable bonds is 8. The molecule has 122 valence electrons. The summed E-state index contributed by atoms with van der Waals surface area (Å²) in [5, 5.41) is 8.29. The molecule has 0 heterocycles. The van der Waals surface area contributed by atoms with E-state index in [1.807, 2.05) is 0 Å². The molecular formula is C11H24N6O4. The lowest BCUT2D eigenvalue weighted by Crippen LogP contribution is -2.24. The van der Waals surface area contributed by atoms with E-state index in [9.17, 15) is 9.59 Å². The molecule has 0 fully saturated rings. The first kappa shape index (κ1) is 20.8. The van der Waals surface area contributed by atoms with Gasteiger partial charge in [-0.3, -0.25) is 14.6 Å². The fraction of sp³-hybridized carbons (Fsp3) is 0.636. The van der Waals surface area contributed by atoms with Crippen molar-refractivity contribution in [2.75, 3.05) is 20.2 Å². The lowest BCUT2D eigenvalue weighted by Gasteiger charge is -1.95. The van der Waals surface area contributed by atoms with Crippen molar-refractivity contribution in [1.29, 1.82) is 0 Å². The van der Waals surface area contributed by atoms with Crippen molar-refractivity contribution in [2.45, 2.75) is 25.7 Å². The second kappa shape index (κ2) is 13.9. The molecule has 10 heteroatoms. The van der Waals surface area contributed by atoms with E-state index in [1.165, 1.54) is 7.11 Å². The number of ether oxygens (including phenoxy) is 1. The maximum atomic E-state index is 10.3. The molecule has 0 amide bonds. The molecule has 10 nitrogen and oxygen atoms in total. The van der Waals surface area contributed by atoms with Gasteiger partial charge in [-0.2, -0.15) is 0 Å². The molecule has 9 N–H and O–H groups in total. The Labute approximate surface area is 123 Å². The third-order valence-electron chi connectivity index (χ3n) is 1.96. The van der Waals surface area contributed by atoms with E-state index in [2.05, 4.69) is 14.7 Å². The number of carbonyl (C=O) groups is 2. The molecule has 0 radical (unpaired) electrons. The fourth-order valence-corrected chi connectivity index (χ4v) is 0.993. The van der Waals surface area contributed by atoms with E-state index in [-0.39, 0.29) is 24.9 Å². The summed E-state index contributed by atoms with van der Waals surface area (Å²) in [4.78, 5) is 27.5. The van der Waals surface area contributed by atoms with Crippen molar-refractivity contribution >= 4 is 23.9 Å². The molecule has 0 aliphatic rings. The van der Waals surface area contributed by atoms with E-state index in [0.29, 0.717) is 13.0 Å². The molecule has 0 saturated carbocycles. The summed E-state index contributed by atoms with van der Waals surface area (Å²) in [5.41, 5.74) is 20.0. The molecule has 0 aliphatic carbocycles. The van der Waals surface area contributed by atoms with Gasteiger partial charge in [-0.1, -0.05) is 6.42 Å². The smallest absolute Gasteiger partial charge is 0.327 e. The van der Waals surface area contributed by atoms with Gasteiger partial charge in [-0.05, 0) is 12.8 Å². The summed E-state index contributed by atoms with van der Waals surface area (Å²) < 4.78 is 4.24. The Balaban J connectivity index is 0. The van der Waals surface area contributed by atoms with Crippen molar-refractivity contribution in [1.82, 2.24) is 0 Å². The highest BCUT2D eigenvalue weighted by Gasteiger charge is 1.95. The zero-order valence-corrected chi connectivity index (χ0v) is 12.1. The Morgan fingerprint density at radius 1 is 1.00 bits per heavy atom. The van der Waals surface area contributed by atoms with Gasteiger partial charge in [-0.25, -0.2) is 4.99 Å². The average Bonchev–Trinajstić information content (AvgIpc) is 2.40. The Bertz CT molecular complexity index is 362. The first-order chi connectivity index (χ1) is 9.79. The lowest BCUT2D eigenvalue weighted by molar-refractivity contribution is -0.139. The van der Waals surface area contributed by atoms with Gasteiger partial charge in [0.2, 0.25) is 0 Å². The second-order valence-corrected chi connectivity index (χ2v) is 3.83. The van der Waals surface area contributed by atoms with Gasteiger partial charge in [0.25, 0.3) is 0 Å². The minimum absolute atomic E-state index is 0.0910. The molecule has 0 aromatic carbocycles. The Morgan fingerprint density at radius 2 is 1.57 bits per heavy atom. The molecule has 21 heavy (non-hydrogen) atoms. The number of guanidine groups is 2. The van der Waals surface area contributed by atoms with Crippen molar-refractivity contribution in [3.63, 3.8) is 0 Å². The second-order valence-electron chi connectivity index (χ2n) is 3.83. The SMILES string of the molecule is COC(=O)CN=C(N)N.NC(N)=NCCCCCC(=O)O. The predicted molar refractivity (Wildman–Crippen MR) is 79.5 cm³/mol. The molecule has 0 atom stereocenters. The monoisotopic (exact) mass is 304 g/mol. The van der Waals surface area contributed by atoms with E-state index < -0.39 is 11.9 Å². The molecule has 0 unspecified atom stereocenters. The maximum absolute atomic E-state index is 10.3. The molecule has 0 aliphatic heterocycles. The van der Waals surface area contributed by atoms with Crippen LogP contribution in [0.3, 0.4) is 0 Å². The van der Waals surface area contributed by atoms with Gasteiger partial charge in [0.1, 0.15) is 6.54 Å². The first-order valence-electron chi connectivity index (χ1n) is 6.19. The number of carboxylic acid groups (broad SMARTS) is 1. The zero-order chi connectivity index (χ0) is 16.7. The van der Waals surface area contributed by atoms with Crippen molar-refractivity contribution in [3.8, 4) is 0 Å². The van der Waals surface area contributed by atoms with Gasteiger partial charge >= 0.3 is 11.9 Å². The third-order valence-corrected chi connectivity index (χ3v) is 1.96. The number of aliphatic imine (C=N–C) groups is 2. The number of methoxy groups -OCH3 is 1. The van der Waals surface area contributed by atoms with Crippen LogP contribution in [-0.2, 0) is 14.3 Å². The van der Waals surface area contributed by atoms with Crippen LogP contribution in [0.25, 0.3) is 0 Å². The van der Waals surface area contributed by atoms with Crippen LogP contribution in [0.4, 0.5) is 0 Å². The standard InChI is InChI=1S/C7H15N3O2.C4H9N3O2/c8-7(9)10-5-3-1-2-4-6(11)12;1-9-3(8)2-7-4(5)6/h1-5H2,(H,11,12)(H4,8,9,10);2H2,1H3,(H4,5,6,7). The van der Waals surface area contributed by atoms with E-state index in [4.69, 9.17) is 28.0 Å². The van der Waals surface area contributed by atoms with Crippen LogP contribution in [-0.4, -0.2) is 49.2 Å². The summed E-state index contributed by atoms with van der Waals surface area (Å²) >= 11 is 0. The Morgan fingerprint density at radius 3 is 2.00 bits per heavy atom. The number of carbonyl (C=O) groups excluding carboxylic acids is 1. The summed E-state index contributed by atoms with van der Waals surface area (Å²) in [6, 6.07) is 0. The number of hydrogen-bond donors (Lipinski definition) is 5. The van der Waals surface area contributed by atoms with Crippen LogP contribution in [0.2, 0.25) is 0 Å². The summed E-state index contributed by atoms with van der Waals surface area (Å²) in [7, 11) is 1.27. The number of aliphatic carboxylic acids is 1. The first-order valence-corrected chi connectivity index (χ1v) is 6.19. The number of esters is 1. The number of nitrogens with two attached hydrogens (primary N) is 4. The van der Waals surface area contributed by atoms with E-state index in [0.717, 1.165) is 12.8 Å². The zero-order valence-electron chi connectivity index (χ0n) is 12.1. The van der Waals surface area contributed by atoms with Gasteiger partial charge in [0, 0.05) is 13.0 Å². The largest absolute Gasteiger partial charge is 0.481 e. The minimum atomic E-state index is -0.753. The van der Waals surface area contributed by atoms with Gasteiger partial charge < -0.3 is 32.8 Å². The molecule has 0 bridgehead atoms. The summed E-state index contributed by atoms with van der Waals surface area (Å²) in [6.45, 7) is 0.473. The third kappa shape index (κ3) is 23.1. The van der Waals surface area contributed by atoms with Gasteiger partial charge in [0.15, 0.2) is 11.9 Å². The van der Waals surface area contributed by atoms with E-state index >= 15 is 0 Å². The van der Waals surface area contributed by atoms with Crippen LogP contribution in [0.1, 0.15) is 25.7 Å². The number of nitrogens with zero attached hydrogens (tertiary/aromatic N) is 2. The molecule has 0 aromatic heterocycles. The van der Waals surface area contributed by atoms with E-state index in [1.54, 1.807) is 0 Å². The highest BCUT2D eigenvalue weighted by atomic mass is 16.5. The Kier molecular flexibility index (Phi) is 13.8. The molecular weight excluding hydrogens is 280 g/mol. The predicted octanol–water partition coefficient (Wildman–Crippen LogP) is -1.66. The van der Waals surface area contributed by atoms with Crippen LogP contribution in [0, 0.1) is 0 Å². The molecule has 0 aromatic rings. The number of carboxylic acids is 1. The maximum Gasteiger partial charge on any atom is 0.327 e. The normalized spacial score (nSPS) is 8.81. The minimum Gasteiger partial charge on any atom is -0.481 e. The lowest BCUT2D eigenvalue weighted by atomic mass is 10.2. The van der Waals surface area contributed by atoms with Crippen LogP contribution < -0.4 is 22.9 Å². The quantitative estimate of drug-likeness (QED) is 0.152. The topological polar surface area (TPSA) is 192 Å². The highest BCUT2D eigenvalue weighted by Crippen LogP contribution is 1.99. The molecule has 0 spiro atoms. The molecule has 0 rings (SSSR count). The van der Waals surface area contributed by atoms with Crippen molar-refractivity contribution < 1.29 is 19.4 Å². The number of hydrogen-bond acceptors (Lipinski definition) is 5. The summed E-state index contributed by atoms with van der Waals surface area (Å²) in [5.74, 6) is -1.23. The average molecular weight is 304 g/mol. The van der Waals surface area contributed by atoms with Crippen LogP contribution in [0.5, 0.6) is 0 Å². The number of unbranched alkanes of at least 4 members (excludes halogenated alkanes) is 2. The summed E-state index contributed by atoms with van der Waals surface area (Å²) in [6.07, 6.45) is 2.60. The van der Waals surface area contributed by atoms with Gasteiger partial charge in [0.05, 0.1) is 7.11 Å².